The maximum atomic E-state index is 10.2. The lowest BCUT2D eigenvalue weighted by Gasteiger charge is -2.28. The van der Waals surface area contributed by atoms with E-state index in [-0.39, 0.29) is 5.75 Å². The van der Waals surface area contributed by atoms with Gasteiger partial charge >= 0.3 is 0 Å². The summed E-state index contributed by atoms with van der Waals surface area (Å²) in [7, 11) is 0. The Morgan fingerprint density at radius 2 is 1.88 bits per heavy atom. The van der Waals surface area contributed by atoms with E-state index in [4.69, 9.17) is 4.98 Å². The van der Waals surface area contributed by atoms with Gasteiger partial charge < -0.3 is 20.6 Å². The van der Waals surface area contributed by atoms with Crippen LogP contribution in [0.3, 0.4) is 0 Å². The molecule has 0 atom stereocenters. The number of hydrogen-bond donors (Lipinski definition) is 3. The quantitative estimate of drug-likeness (QED) is 0.785. The number of anilines is 2. The fourth-order valence-corrected chi connectivity index (χ4v) is 3.83. The molecule has 2 fully saturated rings. The van der Waals surface area contributed by atoms with Gasteiger partial charge in [0.05, 0.1) is 5.69 Å². The van der Waals surface area contributed by atoms with Crippen LogP contribution in [0.15, 0.2) is 30.5 Å². The number of nitrogens with one attached hydrogen (secondary N) is 2. The van der Waals surface area contributed by atoms with Crippen molar-refractivity contribution in [3.05, 3.63) is 30.5 Å². The Labute approximate surface area is 154 Å². The molecule has 138 valence electrons. The van der Waals surface area contributed by atoms with Crippen molar-refractivity contribution in [3.63, 3.8) is 0 Å². The summed E-state index contributed by atoms with van der Waals surface area (Å²) in [5, 5.41) is 17.1. The van der Waals surface area contributed by atoms with Gasteiger partial charge in [0.15, 0.2) is 0 Å². The first-order valence-corrected chi connectivity index (χ1v) is 9.68. The minimum Gasteiger partial charge on any atom is -0.508 e. The molecular weight excluding hydrogens is 326 g/mol. The van der Waals surface area contributed by atoms with Crippen molar-refractivity contribution in [1.29, 1.82) is 0 Å². The van der Waals surface area contributed by atoms with Crippen molar-refractivity contribution in [2.45, 2.75) is 38.1 Å². The van der Waals surface area contributed by atoms with E-state index in [0.29, 0.717) is 6.04 Å². The summed E-state index contributed by atoms with van der Waals surface area (Å²) in [5.74, 6) is 1.98. The molecule has 6 heteroatoms. The smallest absolute Gasteiger partial charge is 0.133 e. The van der Waals surface area contributed by atoms with Gasteiger partial charge in [-0.2, -0.15) is 0 Å². The van der Waals surface area contributed by atoms with Crippen LogP contribution in [0, 0.1) is 0 Å². The Morgan fingerprint density at radius 1 is 1.08 bits per heavy atom. The number of aromatic hydroxyl groups is 1. The highest BCUT2D eigenvalue weighted by Crippen LogP contribution is 2.28. The third-order valence-electron chi connectivity index (χ3n) is 5.25. The summed E-state index contributed by atoms with van der Waals surface area (Å²) >= 11 is 0. The molecule has 3 N–H and O–H groups in total. The Hall–Kier alpha value is -2.34. The van der Waals surface area contributed by atoms with E-state index in [0.717, 1.165) is 49.1 Å². The van der Waals surface area contributed by atoms with Gasteiger partial charge in [-0.3, -0.25) is 0 Å². The molecule has 1 saturated heterocycles. The average Bonchev–Trinajstić information content (AvgIpc) is 2.69. The summed E-state index contributed by atoms with van der Waals surface area (Å²) in [6, 6.07) is 7.98. The topological polar surface area (TPSA) is 73.3 Å². The summed E-state index contributed by atoms with van der Waals surface area (Å²) in [5.41, 5.74) is 1.76. The van der Waals surface area contributed by atoms with Gasteiger partial charge in [-0.05, 0) is 25.0 Å². The van der Waals surface area contributed by atoms with Crippen molar-refractivity contribution in [3.8, 4) is 17.0 Å². The summed E-state index contributed by atoms with van der Waals surface area (Å²) in [4.78, 5) is 11.5. The summed E-state index contributed by atoms with van der Waals surface area (Å²) in [6.45, 7) is 3.69. The van der Waals surface area contributed by atoms with Crippen LogP contribution in [0.2, 0.25) is 0 Å². The molecule has 1 aliphatic carbocycles. The highest BCUT2D eigenvalue weighted by molar-refractivity contribution is 5.66. The highest BCUT2D eigenvalue weighted by atomic mass is 16.3. The summed E-state index contributed by atoms with van der Waals surface area (Å²) in [6.07, 6.45) is 8.16. The largest absolute Gasteiger partial charge is 0.508 e. The molecule has 2 aromatic rings. The van der Waals surface area contributed by atoms with Gasteiger partial charge in [-0.15, -0.1) is 0 Å². The van der Waals surface area contributed by atoms with Gasteiger partial charge in [0.25, 0.3) is 0 Å². The van der Waals surface area contributed by atoms with Crippen LogP contribution < -0.4 is 15.5 Å². The lowest BCUT2D eigenvalue weighted by atomic mass is 9.95. The van der Waals surface area contributed by atoms with Gasteiger partial charge in [-0.1, -0.05) is 19.3 Å². The molecule has 1 saturated carbocycles. The molecule has 3 heterocycles. The van der Waals surface area contributed by atoms with E-state index >= 15 is 0 Å². The second kappa shape index (κ2) is 7.91. The maximum absolute atomic E-state index is 10.2. The van der Waals surface area contributed by atoms with E-state index in [1.165, 1.54) is 32.1 Å². The lowest BCUT2D eigenvalue weighted by molar-refractivity contribution is 0.462. The van der Waals surface area contributed by atoms with E-state index in [2.05, 4.69) is 20.5 Å². The van der Waals surface area contributed by atoms with Gasteiger partial charge in [-0.25, -0.2) is 9.97 Å². The Morgan fingerprint density at radius 3 is 2.69 bits per heavy atom. The van der Waals surface area contributed by atoms with Crippen LogP contribution in [0.4, 0.5) is 11.6 Å². The van der Waals surface area contributed by atoms with Gasteiger partial charge in [0.2, 0.25) is 0 Å². The molecule has 0 bridgehead atoms. The van der Waals surface area contributed by atoms with Crippen molar-refractivity contribution in [2.24, 2.45) is 0 Å². The monoisotopic (exact) mass is 353 g/mol. The van der Waals surface area contributed by atoms with Crippen LogP contribution in [0.25, 0.3) is 11.3 Å². The second-order valence-electron chi connectivity index (χ2n) is 7.21. The third kappa shape index (κ3) is 4.07. The fourth-order valence-electron chi connectivity index (χ4n) is 3.83. The molecule has 0 unspecified atom stereocenters. The molecule has 0 amide bonds. The molecule has 0 spiro atoms. The molecule has 4 rings (SSSR count). The lowest BCUT2D eigenvalue weighted by Crippen LogP contribution is -2.43. The predicted octanol–water partition coefficient (Wildman–Crippen LogP) is 3.00. The van der Waals surface area contributed by atoms with Crippen LogP contribution in [0.1, 0.15) is 32.1 Å². The van der Waals surface area contributed by atoms with Crippen LogP contribution >= 0.6 is 0 Å². The zero-order valence-corrected chi connectivity index (χ0v) is 15.1. The van der Waals surface area contributed by atoms with Crippen molar-refractivity contribution >= 4 is 11.6 Å². The average molecular weight is 353 g/mol. The Bertz CT molecular complexity index is 739. The van der Waals surface area contributed by atoms with E-state index in [1.807, 2.05) is 18.3 Å². The molecule has 2 aromatic heterocycles. The van der Waals surface area contributed by atoms with Crippen LogP contribution in [-0.4, -0.2) is 47.3 Å². The molecule has 1 aliphatic heterocycles. The molecule has 2 aliphatic rings. The van der Waals surface area contributed by atoms with E-state index < -0.39 is 0 Å². The first kappa shape index (κ1) is 17.1. The van der Waals surface area contributed by atoms with Crippen molar-refractivity contribution < 1.29 is 5.11 Å². The normalized spacial score (nSPS) is 18.7. The highest BCUT2D eigenvalue weighted by Gasteiger charge is 2.16. The molecular formula is C20H27N5O. The van der Waals surface area contributed by atoms with Crippen LogP contribution in [-0.2, 0) is 0 Å². The third-order valence-corrected chi connectivity index (χ3v) is 5.25. The number of pyridine rings is 2. The Balaban J connectivity index is 1.56. The van der Waals surface area contributed by atoms with E-state index in [9.17, 15) is 5.11 Å². The predicted molar refractivity (Wildman–Crippen MR) is 105 cm³/mol. The van der Waals surface area contributed by atoms with Gasteiger partial charge in [0, 0.05) is 56.1 Å². The van der Waals surface area contributed by atoms with Gasteiger partial charge in [0.1, 0.15) is 17.4 Å². The van der Waals surface area contributed by atoms with Crippen molar-refractivity contribution in [1.82, 2.24) is 15.3 Å². The first-order valence-electron chi connectivity index (χ1n) is 9.68. The van der Waals surface area contributed by atoms with Crippen LogP contribution in [0.5, 0.6) is 5.75 Å². The summed E-state index contributed by atoms with van der Waals surface area (Å²) < 4.78 is 0. The maximum Gasteiger partial charge on any atom is 0.133 e. The Kier molecular flexibility index (Phi) is 5.20. The second-order valence-corrected chi connectivity index (χ2v) is 7.21. The molecule has 0 aromatic carbocycles. The number of hydrogen-bond acceptors (Lipinski definition) is 6. The number of aromatic nitrogens is 2. The standard InChI is InChI=1S/C20H27N5O/c26-17-13-18(24-20(14-17)25-10-8-21-9-11-25)15-6-7-22-19(12-15)23-16-4-2-1-3-5-16/h6-7,12-14,16,21H,1-5,8-11H2,(H,22,23)(H,24,26). The van der Waals surface area contributed by atoms with E-state index in [1.54, 1.807) is 12.1 Å². The molecule has 0 radical (unpaired) electrons. The van der Waals surface area contributed by atoms with Crippen molar-refractivity contribution in [2.75, 3.05) is 36.4 Å². The number of piperazine rings is 1. The fraction of sp³-hybridized carbons (Fsp3) is 0.500. The molecule has 6 nitrogen and oxygen atoms in total. The number of rotatable bonds is 4. The minimum absolute atomic E-state index is 0.252. The minimum atomic E-state index is 0.252. The SMILES string of the molecule is Oc1cc(-c2ccnc(NC3CCCCC3)c2)nc(N2CCNCC2)c1. The zero-order chi connectivity index (χ0) is 17.8. The number of nitrogens with zero attached hydrogens (tertiary/aromatic N) is 3. The zero-order valence-electron chi connectivity index (χ0n) is 15.1. The first-order chi connectivity index (χ1) is 12.8. The molecule has 26 heavy (non-hydrogen) atoms.